The van der Waals surface area contributed by atoms with E-state index in [4.69, 9.17) is 21.4 Å². The van der Waals surface area contributed by atoms with Crippen LogP contribution in [0.3, 0.4) is 0 Å². The number of para-hydroxylation sites is 1. The lowest BCUT2D eigenvalue weighted by atomic mass is 9.77. The minimum Gasteiger partial charge on any atom is -0.495 e. The molecule has 8 nitrogen and oxygen atoms in total. The molecule has 1 heterocycles. The van der Waals surface area contributed by atoms with E-state index in [2.05, 4.69) is 16.7 Å². The predicted molar refractivity (Wildman–Crippen MR) is 163 cm³/mol. The molecule has 224 valence electrons. The number of benzene rings is 3. The van der Waals surface area contributed by atoms with E-state index in [-0.39, 0.29) is 46.7 Å². The molecule has 0 unspecified atom stereocenters. The van der Waals surface area contributed by atoms with Crippen LogP contribution in [0.4, 0.5) is 15.8 Å². The second-order valence-electron chi connectivity index (χ2n) is 11.0. The molecule has 3 aromatic rings. The largest absolute Gasteiger partial charge is 0.495 e. The number of halogens is 2. The number of fused-ring (bicyclic) bond motifs is 1. The van der Waals surface area contributed by atoms with Crippen molar-refractivity contribution < 1.29 is 28.6 Å². The highest BCUT2D eigenvalue weighted by atomic mass is 35.5. The van der Waals surface area contributed by atoms with Crippen molar-refractivity contribution in [2.45, 2.75) is 32.1 Å². The van der Waals surface area contributed by atoms with Crippen molar-refractivity contribution >= 4 is 40.7 Å². The first-order valence-corrected chi connectivity index (χ1v) is 14.5. The lowest BCUT2D eigenvalue weighted by Crippen LogP contribution is -2.33. The summed E-state index contributed by atoms with van der Waals surface area (Å²) in [5, 5.41) is 14.5. The topological polar surface area (TPSA) is 108 Å². The second-order valence-corrected chi connectivity index (χ2v) is 11.4. The van der Waals surface area contributed by atoms with Crippen LogP contribution in [0.15, 0.2) is 72.3 Å². The number of hydrogen-bond acceptors (Lipinski definition) is 5. The van der Waals surface area contributed by atoms with Gasteiger partial charge >= 0.3 is 0 Å². The van der Waals surface area contributed by atoms with Crippen LogP contribution < -0.4 is 20.3 Å². The van der Waals surface area contributed by atoms with Gasteiger partial charge in [-0.1, -0.05) is 35.4 Å². The van der Waals surface area contributed by atoms with Crippen molar-refractivity contribution in [2.75, 3.05) is 37.0 Å². The van der Waals surface area contributed by atoms with Crippen molar-refractivity contribution in [2.24, 2.45) is 5.41 Å². The van der Waals surface area contributed by atoms with E-state index in [1.165, 1.54) is 19.2 Å². The molecule has 1 fully saturated rings. The summed E-state index contributed by atoms with van der Waals surface area (Å²) in [7, 11) is 1.44. The molecule has 1 aliphatic carbocycles. The van der Waals surface area contributed by atoms with Gasteiger partial charge in [0.2, 0.25) is 5.91 Å². The monoisotopic (exact) mass is 605 g/mol. The summed E-state index contributed by atoms with van der Waals surface area (Å²) in [5.41, 5.74) is 3.61. The number of aliphatic hydroxyl groups excluding tert-OH is 1. The molecular formula is C33H33ClFN3O5. The van der Waals surface area contributed by atoms with Crippen LogP contribution in [-0.2, 0) is 11.2 Å². The molecule has 1 atom stereocenters. The normalized spacial score (nSPS) is 18.7. The highest BCUT2D eigenvalue weighted by Gasteiger charge is 2.40. The fourth-order valence-corrected chi connectivity index (χ4v) is 6.23. The van der Waals surface area contributed by atoms with E-state index in [1.54, 1.807) is 29.2 Å². The molecule has 1 aliphatic heterocycles. The summed E-state index contributed by atoms with van der Waals surface area (Å²) >= 11 is 6.09. The van der Waals surface area contributed by atoms with Crippen LogP contribution in [0, 0.1) is 11.2 Å². The highest BCUT2D eigenvalue weighted by Crippen LogP contribution is 2.49. The van der Waals surface area contributed by atoms with Crippen LogP contribution in [0.25, 0.3) is 0 Å². The number of allylic oxidation sites excluding steroid dienone is 1. The Morgan fingerprint density at radius 3 is 2.70 bits per heavy atom. The zero-order chi connectivity index (χ0) is 30.6. The Morgan fingerprint density at radius 1 is 1.09 bits per heavy atom. The van der Waals surface area contributed by atoms with Gasteiger partial charge in [0.1, 0.15) is 11.6 Å². The molecule has 43 heavy (non-hydrogen) atoms. The number of carbonyl (C=O) groups excluding carboxylic acids is 3. The van der Waals surface area contributed by atoms with Gasteiger partial charge in [0.05, 0.1) is 30.0 Å². The minimum atomic E-state index is -0.607. The van der Waals surface area contributed by atoms with E-state index >= 15 is 0 Å². The fraction of sp³-hybridized carbons (Fsp3) is 0.303. The van der Waals surface area contributed by atoms with Gasteiger partial charge in [-0.2, -0.15) is 0 Å². The Morgan fingerprint density at radius 2 is 1.91 bits per heavy atom. The third-order valence-corrected chi connectivity index (χ3v) is 8.48. The first-order valence-electron chi connectivity index (χ1n) is 14.1. The molecule has 0 bridgehead atoms. The van der Waals surface area contributed by atoms with Crippen molar-refractivity contribution in [3.63, 3.8) is 0 Å². The Labute approximate surface area is 254 Å². The predicted octanol–water partition coefficient (Wildman–Crippen LogP) is 5.54. The summed E-state index contributed by atoms with van der Waals surface area (Å²) < 4.78 is 19.2. The average molecular weight is 606 g/mol. The standard InChI is InChI=1S/C33H33ClFN3O5/c1-43-29-17-22(6-9-27(29)37-31(41)25-18-24(35)7-8-26(25)34)32(42)38-14-12-33(20-23-4-2-3-5-28(23)38)11-10-21(19-33)16-30(40)36-13-15-39/h2-9,16-18,39H,10-15,19-20H2,1H3,(H,36,40)(H,37,41)/b21-16+/t33-/m1/s1. The van der Waals surface area contributed by atoms with Crippen LogP contribution in [0.5, 0.6) is 5.75 Å². The maximum Gasteiger partial charge on any atom is 0.258 e. The third kappa shape index (κ3) is 6.73. The molecule has 0 aromatic heterocycles. The molecule has 2 aliphatic rings. The summed E-state index contributed by atoms with van der Waals surface area (Å²) in [5.74, 6) is -1.32. The van der Waals surface area contributed by atoms with E-state index in [1.807, 2.05) is 18.2 Å². The first-order chi connectivity index (χ1) is 20.7. The Balaban J connectivity index is 1.36. The lowest BCUT2D eigenvalue weighted by molar-refractivity contribution is -0.116. The first kappa shape index (κ1) is 30.3. The highest BCUT2D eigenvalue weighted by molar-refractivity contribution is 6.34. The molecule has 3 N–H and O–H groups in total. The Bertz CT molecular complexity index is 1590. The summed E-state index contributed by atoms with van der Waals surface area (Å²) in [6.45, 7) is 0.614. The maximum absolute atomic E-state index is 14.0. The fourth-order valence-electron chi connectivity index (χ4n) is 6.03. The molecule has 0 radical (unpaired) electrons. The number of nitrogens with zero attached hydrogens (tertiary/aromatic N) is 1. The number of aliphatic hydroxyl groups is 1. The van der Waals surface area contributed by atoms with Crippen LogP contribution in [0.2, 0.25) is 5.02 Å². The number of nitrogens with one attached hydrogen (secondary N) is 2. The van der Waals surface area contributed by atoms with E-state index in [0.717, 1.165) is 55.0 Å². The van der Waals surface area contributed by atoms with Crippen LogP contribution >= 0.6 is 11.6 Å². The van der Waals surface area contributed by atoms with E-state index in [9.17, 15) is 18.8 Å². The molecule has 1 saturated carbocycles. The Kier molecular flexibility index (Phi) is 9.13. The number of carbonyl (C=O) groups is 3. The second kappa shape index (κ2) is 13.0. The number of ether oxygens (including phenoxy) is 1. The molecular weight excluding hydrogens is 573 g/mol. The number of amides is 3. The molecule has 0 saturated heterocycles. The van der Waals surface area contributed by atoms with Gasteiger partial charge in [0.25, 0.3) is 11.8 Å². The van der Waals surface area contributed by atoms with Crippen LogP contribution in [0.1, 0.15) is 52.0 Å². The molecule has 10 heteroatoms. The van der Waals surface area contributed by atoms with Crippen molar-refractivity contribution in [1.29, 1.82) is 0 Å². The van der Waals surface area contributed by atoms with Crippen molar-refractivity contribution in [1.82, 2.24) is 5.32 Å². The third-order valence-electron chi connectivity index (χ3n) is 8.15. The molecule has 5 rings (SSSR count). The summed E-state index contributed by atoms with van der Waals surface area (Å²) in [6, 6.07) is 16.2. The molecule has 3 aromatic carbocycles. The summed E-state index contributed by atoms with van der Waals surface area (Å²) in [6.07, 6.45) is 5.71. The van der Waals surface area contributed by atoms with Gasteiger partial charge in [0.15, 0.2) is 0 Å². The van der Waals surface area contributed by atoms with E-state index in [0.29, 0.717) is 17.8 Å². The molecule has 3 amide bonds. The van der Waals surface area contributed by atoms with Gasteiger partial charge in [-0.25, -0.2) is 4.39 Å². The van der Waals surface area contributed by atoms with Gasteiger partial charge < -0.3 is 25.4 Å². The number of hydrogen-bond donors (Lipinski definition) is 3. The van der Waals surface area contributed by atoms with Crippen molar-refractivity contribution in [3.05, 3.63) is 99.8 Å². The number of rotatable bonds is 7. The maximum atomic E-state index is 14.0. The summed E-state index contributed by atoms with van der Waals surface area (Å²) in [4.78, 5) is 40.8. The van der Waals surface area contributed by atoms with Crippen LogP contribution in [-0.4, -0.2) is 49.6 Å². The minimum absolute atomic E-state index is 0.0188. The molecule has 1 spiro atoms. The SMILES string of the molecule is COc1cc(C(=O)N2CC[C@@]3(CC/C(=C\C(=O)NCCO)C3)Cc3ccccc32)ccc1NC(=O)c1cc(F)ccc1Cl. The average Bonchev–Trinajstić information content (AvgIpc) is 3.31. The zero-order valence-electron chi connectivity index (χ0n) is 23.8. The van der Waals surface area contributed by atoms with E-state index < -0.39 is 11.7 Å². The number of methoxy groups -OCH3 is 1. The van der Waals surface area contributed by atoms with Gasteiger partial charge in [-0.3, -0.25) is 14.4 Å². The zero-order valence-corrected chi connectivity index (χ0v) is 24.5. The van der Waals surface area contributed by atoms with Gasteiger partial charge in [-0.05, 0) is 85.5 Å². The van der Waals surface area contributed by atoms with Gasteiger partial charge in [-0.15, -0.1) is 0 Å². The van der Waals surface area contributed by atoms with Gasteiger partial charge in [0, 0.05) is 30.4 Å². The lowest BCUT2D eigenvalue weighted by Gasteiger charge is -2.27. The van der Waals surface area contributed by atoms with Crippen molar-refractivity contribution in [3.8, 4) is 5.75 Å². The quantitative estimate of drug-likeness (QED) is 0.307. The smallest absolute Gasteiger partial charge is 0.258 e. The Hall–Kier alpha value is -4.21. The number of anilines is 2.